The van der Waals surface area contributed by atoms with Crippen molar-refractivity contribution in [3.05, 3.63) is 90.0 Å². The summed E-state index contributed by atoms with van der Waals surface area (Å²) < 4.78 is 46.7. The fourth-order valence-corrected chi connectivity index (χ4v) is 7.32. The van der Waals surface area contributed by atoms with E-state index in [-0.39, 0.29) is 50.1 Å². The number of carbonyl (C=O) groups is 7. The summed E-state index contributed by atoms with van der Waals surface area (Å²) in [6.07, 6.45) is -4.28. The molecule has 18 heteroatoms. The van der Waals surface area contributed by atoms with Crippen LogP contribution in [-0.4, -0.2) is 116 Å². The van der Waals surface area contributed by atoms with Crippen LogP contribution < -0.4 is 20.7 Å². The second-order valence-electron chi connectivity index (χ2n) is 17.2. The van der Waals surface area contributed by atoms with E-state index in [2.05, 4.69) is 29.1 Å². The Balaban J connectivity index is 1.97. The third kappa shape index (κ3) is 17.8. The highest BCUT2D eigenvalue weighted by atomic mass is 16.6. The molecule has 0 aliphatic carbocycles. The smallest absolute Gasteiger partial charge is 0.408 e. The van der Waals surface area contributed by atoms with Gasteiger partial charge in [0.15, 0.2) is 17.8 Å². The number of hydrogen-bond donors (Lipinski definition) is 3. The number of rotatable bonds is 24. The van der Waals surface area contributed by atoms with E-state index in [1.165, 1.54) is 6.08 Å². The number of amides is 3. The van der Waals surface area contributed by atoms with Gasteiger partial charge >= 0.3 is 30.0 Å². The molecule has 0 radical (unpaired) electrons. The van der Waals surface area contributed by atoms with Crippen LogP contribution in [0.1, 0.15) is 94.8 Å². The number of aryl methyl sites for hydroxylation is 2. The first-order valence-electron chi connectivity index (χ1n) is 22.1. The molecule has 18 nitrogen and oxygen atoms in total. The molecule has 0 aromatic heterocycles. The molecule has 2 aromatic rings. The number of benzene rings is 2. The van der Waals surface area contributed by atoms with Gasteiger partial charge in [-0.3, -0.25) is 24.0 Å². The molecule has 1 aliphatic heterocycles. The Morgan fingerprint density at radius 1 is 0.910 bits per heavy atom. The fraction of sp³-hybridized carbons (Fsp3) is 0.531. The van der Waals surface area contributed by atoms with Crippen molar-refractivity contribution < 1.29 is 71.5 Å². The summed E-state index contributed by atoms with van der Waals surface area (Å²) in [5.74, 6) is -3.96. The molecule has 368 valence electrons. The molecule has 0 spiro atoms. The molecule has 1 heterocycles. The molecule has 7 atom stereocenters. The summed E-state index contributed by atoms with van der Waals surface area (Å²) in [6, 6.07) is 10.6. The van der Waals surface area contributed by atoms with E-state index in [1.807, 2.05) is 0 Å². The lowest BCUT2D eigenvalue weighted by Gasteiger charge is -2.49. The number of nitrogens with one attached hydrogen (secondary N) is 3. The van der Waals surface area contributed by atoms with Crippen LogP contribution in [-0.2, 0) is 63.7 Å². The molecular weight excluding hydrogens is 871 g/mol. The third-order valence-electron chi connectivity index (χ3n) is 10.1. The van der Waals surface area contributed by atoms with Crippen LogP contribution >= 0.6 is 0 Å². The summed E-state index contributed by atoms with van der Waals surface area (Å²) >= 11 is 0. The minimum atomic E-state index is -1.97. The van der Waals surface area contributed by atoms with Gasteiger partial charge in [-0.1, -0.05) is 49.4 Å². The molecule has 67 heavy (non-hydrogen) atoms. The molecule has 3 rings (SSSR count). The van der Waals surface area contributed by atoms with E-state index in [0.29, 0.717) is 42.0 Å². The van der Waals surface area contributed by atoms with Crippen molar-refractivity contribution >= 4 is 41.8 Å². The van der Waals surface area contributed by atoms with Crippen molar-refractivity contribution in [1.29, 1.82) is 0 Å². The third-order valence-corrected chi connectivity index (χ3v) is 10.1. The average molecular weight is 938 g/mol. The van der Waals surface area contributed by atoms with Crippen LogP contribution in [0.4, 0.5) is 4.79 Å². The van der Waals surface area contributed by atoms with Gasteiger partial charge in [0.05, 0.1) is 38.3 Å². The second kappa shape index (κ2) is 26.2. The molecule has 3 amide bonds. The second-order valence-corrected chi connectivity index (χ2v) is 17.2. The predicted octanol–water partition coefficient (Wildman–Crippen LogP) is 5.29. The van der Waals surface area contributed by atoms with Gasteiger partial charge in [0.25, 0.3) is 5.91 Å². The molecule has 0 saturated carbocycles. The lowest BCUT2D eigenvalue weighted by molar-refractivity contribution is -0.240. The average Bonchev–Trinajstić information content (AvgIpc) is 3.24. The Morgan fingerprint density at radius 2 is 1.57 bits per heavy atom. The van der Waals surface area contributed by atoms with E-state index in [9.17, 15) is 33.6 Å². The molecule has 3 N–H and O–H groups in total. The first kappa shape index (κ1) is 55.1. The maximum absolute atomic E-state index is 14.3. The van der Waals surface area contributed by atoms with Crippen molar-refractivity contribution in [2.24, 2.45) is 5.92 Å². The van der Waals surface area contributed by atoms with Gasteiger partial charge in [-0.05, 0) is 69.9 Å². The zero-order valence-corrected chi connectivity index (χ0v) is 40.1. The van der Waals surface area contributed by atoms with Crippen molar-refractivity contribution in [2.45, 2.75) is 130 Å². The zero-order valence-electron chi connectivity index (χ0n) is 40.1. The van der Waals surface area contributed by atoms with Gasteiger partial charge in [-0.2, -0.15) is 0 Å². The maximum Gasteiger partial charge on any atom is 0.408 e. The highest BCUT2D eigenvalue weighted by Crippen LogP contribution is 2.39. The van der Waals surface area contributed by atoms with E-state index in [0.717, 1.165) is 20.8 Å². The van der Waals surface area contributed by atoms with Crippen molar-refractivity contribution in [1.82, 2.24) is 16.0 Å². The van der Waals surface area contributed by atoms with Crippen molar-refractivity contribution in [3.63, 3.8) is 0 Å². The van der Waals surface area contributed by atoms with Crippen LogP contribution in [0, 0.1) is 19.8 Å². The predicted molar refractivity (Wildman–Crippen MR) is 245 cm³/mol. The van der Waals surface area contributed by atoms with Gasteiger partial charge in [-0.15, -0.1) is 13.2 Å². The van der Waals surface area contributed by atoms with Crippen LogP contribution in [0.15, 0.2) is 67.8 Å². The quantitative estimate of drug-likeness (QED) is 0.0526. The van der Waals surface area contributed by atoms with Gasteiger partial charge in [-0.25, -0.2) is 9.59 Å². The molecule has 2 aromatic carbocycles. The molecular formula is C49H67N3O15. The topological polar surface area (TPSA) is 229 Å². The molecule has 1 aliphatic rings. The molecule has 2 unspecified atom stereocenters. The lowest BCUT2D eigenvalue weighted by atomic mass is 9.81. The molecule has 0 bridgehead atoms. The normalized spacial score (nSPS) is 19.2. The van der Waals surface area contributed by atoms with Crippen LogP contribution in [0.2, 0.25) is 0 Å². The SMILES string of the molecule is C=CCOCC(C)C(=O)NCCCOc1c(C)cc(C(=O)NC[C@@H](OC(C)=O)[C@@H](OC(C)=O)[C@@H]2OC(CC=C)(C(=O)OCc3ccccc3)C[C@H](OC(C)=O)[C@H]2NC(=O)OC(C)(C)C)cc1C. The Morgan fingerprint density at radius 3 is 2.15 bits per heavy atom. The summed E-state index contributed by atoms with van der Waals surface area (Å²) in [7, 11) is 0. The summed E-state index contributed by atoms with van der Waals surface area (Å²) in [5, 5.41) is 8.27. The summed E-state index contributed by atoms with van der Waals surface area (Å²) in [5.41, 5.74) is -0.826. The van der Waals surface area contributed by atoms with E-state index in [1.54, 1.807) is 90.1 Å². The lowest BCUT2D eigenvalue weighted by Crippen LogP contribution is -2.69. The van der Waals surface area contributed by atoms with Gasteiger partial charge in [0.2, 0.25) is 5.91 Å². The number of ether oxygens (including phenoxy) is 8. The maximum atomic E-state index is 14.3. The monoisotopic (exact) mass is 937 g/mol. The summed E-state index contributed by atoms with van der Waals surface area (Å²) in [6.45, 7) is 21.5. The largest absolute Gasteiger partial charge is 0.493 e. The Hall–Kier alpha value is -6.27. The minimum absolute atomic E-state index is 0.142. The van der Waals surface area contributed by atoms with E-state index < -0.39 is 84.1 Å². The van der Waals surface area contributed by atoms with E-state index >= 15 is 0 Å². The van der Waals surface area contributed by atoms with Crippen molar-refractivity contribution in [2.75, 3.05) is 32.9 Å². The van der Waals surface area contributed by atoms with Gasteiger partial charge < -0.3 is 53.8 Å². The highest BCUT2D eigenvalue weighted by Gasteiger charge is 2.58. The zero-order chi connectivity index (χ0) is 49.9. The minimum Gasteiger partial charge on any atom is -0.493 e. The fourth-order valence-electron chi connectivity index (χ4n) is 7.32. The van der Waals surface area contributed by atoms with Crippen LogP contribution in [0.3, 0.4) is 0 Å². The van der Waals surface area contributed by atoms with Gasteiger partial charge in [0, 0.05) is 45.7 Å². The number of esters is 4. The molecule has 1 saturated heterocycles. The number of hydrogen-bond acceptors (Lipinski definition) is 15. The van der Waals surface area contributed by atoms with Crippen LogP contribution in [0.5, 0.6) is 5.75 Å². The molecule has 1 fully saturated rings. The number of alkyl carbamates (subject to hydrolysis) is 1. The Bertz CT molecular complexity index is 2030. The standard InChI is InChI=1S/C49H67N3O15/c1-12-20-49(46(58)62-29-36-18-15-14-16-19-36)26-38(63-33(6)53)40(52-47(59)67-48(9,10)11)43(66-49)42(65-35(8)55)39(64-34(7)54)27-51-45(57)37-24-30(3)41(31(4)25-37)61-23-17-21-50-44(56)32(5)28-60-22-13-2/h12-16,18-19,24-25,32,38-40,42-43H,1-2,17,20-23,26-29H2,3-11H3,(H,50,56)(H,51,57)(H,52,59)/t32?,38-,39+,40+,42+,43+,49?/m0/s1. The number of carbonyl (C=O) groups excluding carboxylic acids is 7. The Labute approximate surface area is 392 Å². The van der Waals surface area contributed by atoms with Crippen molar-refractivity contribution in [3.8, 4) is 5.75 Å². The Kier molecular flexibility index (Phi) is 21.5. The first-order valence-corrected chi connectivity index (χ1v) is 22.1. The van der Waals surface area contributed by atoms with Crippen LogP contribution in [0.25, 0.3) is 0 Å². The first-order chi connectivity index (χ1) is 31.6. The highest BCUT2D eigenvalue weighted by molar-refractivity contribution is 5.95. The van der Waals surface area contributed by atoms with E-state index in [4.69, 9.17) is 37.9 Å². The summed E-state index contributed by atoms with van der Waals surface area (Å²) in [4.78, 5) is 92.5. The van der Waals surface area contributed by atoms with Gasteiger partial charge in [0.1, 0.15) is 30.2 Å².